The highest BCUT2D eigenvalue weighted by Gasteiger charge is 2.22. The number of oxazole rings is 1. The Morgan fingerprint density at radius 1 is 1.23 bits per heavy atom. The van der Waals surface area contributed by atoms with Crippen LogP contribution in [-0.4, -0.2) is 36.1 Å². The number of nitrogens with one attached hydrogen (secondary N) is 1. The molecule has 0 unspecified atom stereocenters. The normalized spacial score (nSPS) is 15.3. The third-order valence-corrected chi connectivity index (χ3v) is 5.47. The summed E-state index contributed by atoms with van der Waals surface area (Å²) >= 11 is 1.62. The van der Waals surface area contributed by atoms with Crippen LogP contribution in [-0.2, 0) is 6.54 Å². The molecule has 0 amide bonds. The van der Waals surface area contributed by atoms with Crippen molar-refractivity contribution in [3.63, 3.8) is 0 Å². The number of hydrogen-bond acceptors (Lipinski definition) is 6. The molecular weight excluding hydrogens is 352 g/mol. The largest absolute Gasteiger partial charge is 0.443 e. The third kappa shape index (κ3) is 3.61. The topological polar surface area (TPSA) is 76.8 Å². The number of anilines is 1. The van der Waals surface area contributed by atoms with Crippen LogP contribution in [0.3, 0.4) is 0 Å². The first-order chi connectivity index (χ1) is 12.7. The molecule has 2 aromatic heterocycles. The van der Waals surface area contributed by atoms with Crippen LogP contribution in [0.4, 0.5) is 11.4 Å². The fourth-order valence-corrected chi connectivity index (χ4v) is 3.86. The lowest BCUT2D eigenvalue weighted by molar-refractivity contribution is -0.914. The molecule has 3 aromatic rings. The number of piperazine rings is 1. The van der Waals surface area contributed by atoms with Crippen molar-refractivity contribution < 1.29 is 14.2 Å². The van der Waals surface area contributed by atoms with Crippen LogP contribution >= 0.6 is 11.3 Å². The van der Waals surface area contributed by atoms with E-state index in [-0.39, 0.29) is 10.6 Å². The molecule has 0 aliphatic carbocycles. The van der Waals surface area contributed by atoms with Crippen LogP contribution in [0, 0.1) is 10.1 Å². The Labute approximate surface area is 154 Å². The minimum Gasteiger partial charge on any atom is -0.443 e. The van der Waals surface area contributed by atoms with E-state index in [1.807, 2.05) is 29.6 Å². The maximum atomic E-state index is 10.8. The summed E-state index contributed by atoms with van der Waals surface area (Å²) in [6.45, 7) is 4.69. The highest BCUT2D eigenvalue weighted by Crippen LogP contribution is 2.23. The first kappa shape index (κ1) is 16.7. The average Bonchev–Trinajstić information content (AvgIpc) is 3.34. The van der Waals surface area contributed by atoms with E-state index in [0.29, 0.717) is 5.89 Å². The van der Waals surface area contributed by atoms with Gasteiger partial charge in [-0.15, -0.1) is 11.3 Å². The first-order valence-corrected chi connectivity index (χ1v) is 9.38. The lowest BCUT2D eigenvalue weighted by Crippen LogP contribution is -3.13. The van der Waals surface area contributed by atoms with Gasteiger partial charge in [0.05, 0.1) is 36.0 Å². The van der Waals surface area contributed by atoms with Crippen molar-refractivity contribution in [3.05, 3.63) is 63.8 Å². The molecule has 0 atom stereocenters. The van der Waals surface area contributed by atoms with Crippen molar-refractivity contribution in [2.24, 2.45) is 0 Å². The Morgan fingerprint density at radius 3 is 2.65 bits per heavy atom. The summed E-state index contributed by atoms with van der Waals surface area (Å²) in [5.41, 5.74) is 2.15. The van der Waals surface area contributed by atoms with E-state index in [1.54, 1.807) is 29.7 Å². The van der Waals surface area contributed by atoms with Gasteiger partial charge in [-0.3, -0.25) is 10.1 Å². The predicted octanol–water partition coefficient (Wildman–Crippen LogP) is 2.22. The molecule has 3 heterocycles. The van der Waals surface area contributed by atoms with Crippen LogP contribution in [0.2, 0.25) is 0 Å². The highest BCUT2D eigenvalue weighted by atomic mass is 32.1. The Kier molecular flexibility index (Phi) is 4.68. The lowest BCUT2D eigenvalue weighted by atomic mass is 10.2. The van der Waals surface area contributed by atoms with Gasteiger partial charge in [0.25, 0.3) is 5.69 Å². The number of hydrogen-bond donors (Lipinski definition) is 1. The summed E-state index contributed by atoms with van der Waals surface area (Å²) in [4.78, 5) is 19.8. The van der Waals surface area contributed by atoms with Crippen LogP contribution in [0.25, 0.3) is 10.8 Å². The molecular formula is C18H19N4O3S+. The van der Waals surface area contributed by atoms with E-state index in [9.17, 15) is 10.1 Å². The van der Waals surface area contributed by atoms with Crippen molar-refractivity contribution in [1.82, 2.24) is 4.98 Å². The maximum absolute atomic E-state index is 10.8. The molecule has 0 spiro atoms. The number of rotatable bonds is 5. The number of nitro benzene ring substituents is 1. The number of benzene rings is 1. The monoisotopic (exact) mass is 371 g/mol. The van der Waals surface area contributed by atoms with Gasteiger partial charge in [-0.1, -0.05) is 6.07 Å². The van der Waals surface area contributed by atoms with E-state index >= 15 is 0 Å². The smallest absolute Gasteiger partial charge is 0.269 e. The van der Waals surface area contributed by atoms with E-state index in [4.69, 9.17) is 4.42 Å². The number of aromatic nitrogens is 1. The lowest BCUT2D eigenvalue weighted by Gasteiger charge is -2.33. The summed E-state index contributed by atoms with van der Waals surface area (Å²) in [6, 6.07) is 10.8. The second kappa shape index (κ2) is 7.27. The molecule has 1 aromatic carbocycles. The van der Waals surface area contributed by atoms with Gasteiger partial charge in [0.2, 0.25) is 5.89 Å². The second-order valence-corrected chi connectivity index (χ2v) is 7.26. The zero-order valence-electron chi connectivity index (χ0n) is 14.1. The molecule has 1 fully saturated rings. The standard InChI is InChI=1S/C18H18N4O3S/c23-22(24)16-5-3-15(4-6-16)21-9-7-20(8-10-21)12-14-13-25-18(19-14)17-2-1-11-26-17/h1-6,11,13H,7-10,12H2/p+1. The van der Waals surface area contributed by atoms with Gasteiger partial charge < -0.3 is 14.2 Å². The zero-order chi connectivity index (χ0) is 17.9. The summed E-state index contributed by atoms with van der Waals surface area (Å²) in [5.74, 6) is 0.693. The molecule has 0 saturated carbocycles. The number of nitrogens with zero attached hydrogens (tertiary/aromatic N) is 3. The van der Waals surface area contributed by atoms with Crippen molar-refractivity contribution in [2.45, 2.75) is 6.54 Å². The molecule has 26 heavy (non-hydrogen) atoms. The van der Waals surface area contributed by atoms with Gasteiger partial charge in [0, 0.05) is 17.8 Å². The molecule has 4 rings (SSSR count). The van der Waals surface area contributed by atoms with Crippen LogP contribution in [0.5, 0.6) is 0 Å². The van der Waals surface area contributed by atoms with E-state index in [1.165, 1.54) is 4.90 Å². The molecule has 8 heteroatoms. The number of quaternary nitrogens is 1. The van der Waals surface area contributed by atoms with E-state index in [2.05, 4.69) is 9.88 Å². The van der Waals surface area contributed by atoms with E-state index < -0.39 is 0 Å². The molecule has 1 saturated heterocycles. The SMILES string of the molecule is O=[N+]([O-])c1ccc(N2CC[NH+](Cc3coc(-c4cccs4)n3)CC2)cc1. The van der Waals surface area contributed by atoms with Gasteiger partial charge in [0.15, 0.2) is 0 Å². The summed E-state index contributed by atoms with van der Waals surface area (Å²) in [7, 11) is 0. The summed E-state index contributed by atoms with van der Waals surface area (Å²) in [5, 5.41) is 12.8. The fourth-order valence-electron chi connectivity index (χ4n) is 3.20. The van der Waals surface area contributed by atoms with E-state index in [0.717, 1.165) is 49.0 Å². The Balaban J connectivity index is 1.33. The molecule has 1 aliphatic rings. The molecule has 7 nitrogen and oxygen atoms in total. The minimum absolute atomic E-state index is 0.130. The van der Waals surface area contributed by atoms with Crippen molar-refractivity contribution >= 4 is 22.7 Å². The molecule has 134 valence electrons. The van der Waals surface area contributed by atoms with Crippen molar-refractivity contribution in [1.29, 1.82) is 0 Å². The van der Waals surface area contributed by atoms with Crippen LogP contribution < -0.4 is 9.80 Å². The Bertz CT molecular complexity index is 868. The van der Waals surface area contributed by atoms with Gasteiger partial charge in [-0.05, 0) is 23.6 Å². The number of thiophene rings is 1. The fraction of sp³-hybridized carbons (Fsp3) is 0.278. The Morgan fingerprint density at radius 2 is 2.00 bits per heavy atom. The van der Waals surface area contributed by atoms with Gasteiger partial charge in [-0.2, -0.15) is 0 Å². The van der Waals surface area contributed by atoms with Crippen molar-refractivity contribution in [3.8, 4) is 10.8 Å². The number of nitro groups is 1. The molecule has 0 bridgehead atoms. The number of non-ortho nitro benzene ring substituents is 1. The van der Waals surface area contributed by atoms with Crippen LogP contribution in [0.15, 0.2) is 52.5 Å². The predicted molar refractivity (Wildman–Crippen MR) is 99.5 cm³/mol. The molecule has 0 radical (unpaired) electrons. The second-order valence-electron chi connectivity index (χ2n) is 6.31. The van der Waals surface area contributed by atoms with Crippen LogP contribution in [0.1, 0.15) is 5.69 Å². The van der Waals surface area contributed by atoms with Crippen molar-refractivity contribution in [2.75, 3.05) is 31.1 Å². The quantitative estimate of drug-likeness (QED) is 0.550. The van der Waals surface area contributed by atoms with Gasteiger partial charge in [-0.25, -0.2) is 4.98 Å². The minimum atomic E-state index is -0.367. The molecule has 1 N–H and O–H groups in total. The first-order valence-electron chi connectivity index (χ1n) is 8.50. The zero-order valence-corrected chi connectivity index (χ0v) is 14.9. The summed E-state index contributed by atoms with van der Waals surface area (Å²) in [6.07, 6.45) is 1.75. The van der Waals surface area contributed by atoms with Gasteiger partial charge in [0.1, 0.15) is 18.5 Å². The maximum Gasteiger partial charge on any atom is 0.269 e. The third-order valence-electron chi connectivity index (χ3n) is 4.61. The average molecular weight is 371 g/mol. The summed E-state index contributed by atoms with van der Waals surface area (Å²) < 4.78 is 5.59. The highest BCUT2D eigenvalue weighted by molar-refractivity contribution is 7.13. The van der Waals surface area contributed by atoms with Gasteiger partial charge >= 0.3 is 0 Å². The molecule has 1 aliphatic heterocycles. The Hall–Kier alpha value is -2.71.